The smallest absolute Gasteiger partial charge is 0.274 e. The fourth-order valence-corrected chi connectivity index (χ4v) is 4.12. The third-order valence-electron chi connectivity index (χ3n) is 4.63. The maximum Gasteiger partial charge on any atom is 0.274 e. The monoisotopic (exact) mass is 369 g/mol. The third-order valence-corrected chi connectivity index (χ3v) is 5.54. The maximum absolute atomic E-state index is 12.5. The van der Waals surface area contributed by atoms with E-state index in [2.05, 4.69) is 16.0 Å². The molecule has 0 atom stereocenters. The van der Waals surface area contributed by atoms with E-state index in [1.54, 1.807) is 22.3 Å². The summed E-state index contributed by atoms with van der Waals surface area (Å²) >= 11 is 1.56. The zero-order valence-corrected chi connectivity index (χ0v) is 15.2. The van der Waals surface area contributed by atoms with E-state index in [4.69, 9.17) is 4.74 Å². The molecule has 2 aromatic heterocycles. The Bertz CT molecular complexity index is 982. The average molecular weight is 369 g/mol. The molecule has 7 heteroatoms. The number of carbonyl (C=O) groups is 1. The molecule has 1 N–H and O–H groups in total. The topological polar surface area (TPSA) is 75.3 Å². The summed E-state index contributed by atoms with van der Waals surface area (Å²) in [6.07, 6.45) is 3.07. The van der Waals surface area contributed by atoms with Crippen molar-refractivity contribution in [1.82, 2.24) is 14.9 Å². The Morgan fingerprint density at radius 2 is 2.08 bits per heavy atom. The molecule has 1 aliphatic rings. The highest BCUT2D eigenvalue weighted by atomic mass is 32.1. The molecule has 0 saturated carbocycles. The summed E-state index contributed by atoms with van der Waals surface area (Å²) in [6, 6.07) is 9.07. The van der Waals surface area contributed by atoms with Gasteiger partial charge in [-0.1, -0.05) is 23.5 Å². The molecule has 4 rings (SSSR count). The van der Waals surface area contributed by atoms with Crippen molar-refractivity contribution in [1.29, 1.82) is 0 Å². The number of fused-ring (bicyclic) bond motifs is 1. The number of hydrogen-bond donors (Lipinski definition) is 1. The number of benzene rings is 1. The Labute approximate surface area is 154 Å². The number of aromatic amines is 1. The number of thiazole rings is 1. The van der Waals surface area contributed by atoms with Gasteiger partial charge in [-0.3, -0.25) is 9.59 Å². The van der Waals surface area contributed by atoms with Crippen molar-refractivity contribution in [2.45, 2.75) is 25.9 Å². The van der Waals surface area contributed by atoms with E-state index in [1.807, 2.05) is 19.1 Å². The van der Waals surface area contributed by atoms with Crippen molar-refractivity contribution in [3.05, 3.63) is 58.0 Å². The summed E-state index contributed by atoms with van der Waals surface area (Å²) in [4.78, 5) is 32.5. The predicted octanol–water partition coefficient (Wildman–Crippen LogP) is 2.98. The van der Waals surface area contributed by atoms with Gasteiger partial charge in [-0.05, 0) is 24.6 Å². The molecule has 3 heterocycles. The van der Waals surface area contributed by atoms with Crippen LogP contribution in [0.3, 0.4) is 0 Å². The van der Waals surface area contributed by atoms with Crippen molar-refractivity contribution in [3.63, 3.8) is 0 Å². The minimum Gasteiger partial charge on any atom is -0.467 e. The van der Waals surface area contributed by atoms with E-state index >= 15 is 0 Å². The first-order valence-corrected chi connectivity index (χ1v) is 9.42. The number of nitrogens with one attached hydrogen (secondary N) is 1. The summed E-state index contributed by atoms with van der Waals surface area (Å²) in [7, 11) is 0. The molecular formula is C19H19N3O3S. The second-order valence-corrected chi connectivity index (χ2v) is 7.45. The Hall–Kier alpha value is -2.67. The molecule has 26 heavy (non-hydrogen) atoms. The lowest BCUT2D eigenvalue weighted by Crippen LogP contribution is -2.41. The van der Waals surface area contributed by atoms with Crippen LogP contribution in [-0.2, 0) is 0 Å². The Kier molecular flexibility index (Phi) is 4.46. The zero-order valence-electron chi connectivity index (χ0n) is 14.4. The van der Waals surface area contributed by atoms with E-state index in [0.29, 0.717) is 23.8 Å². The van der Waals surface area contributed by atoms with Crippen LogP contribution in [0.5, 0.6) is 5.19 Å². The first kappa shape index (κ1) is 16.8. The second kappa shape index (κ2) is 6.92. The van der Waals surface area contributed by atoms with Crippen LogP contribution < -0.4 is 10.3 Å². The van der Waals surface area contributed by atoms with Crippen LogP contribution in [0, 0.1) is 6.92 Å². The van der Waals surface area contributed by atoms with Gasteiger partial charge in [-0.2, -0.15) is 0 Å². The van der Waals surface area contributed by atoms with Gasteiger partial charge in [0.1, 0.15) is 6.10 Å². The van der Waals surface area contributed by atoms with Gasteiger partial charge in [0.2, 0.25) is 5.56 Å². The van der Waals surface area contributed by atoms with Gasteiger partial charge in [0.05, 0.1) is 15.8 Å². The SMILES string of the molecule is Cc1cccc2sc(OC3CCN(C(=O)c4ccc(=O)[nH]c4)CC3)nc12. The molecule has 1 amide bonds. The molecule has 1 saturated heterocycles. The molecule has 1 aliphatic heterocycles. The number of ether oxygens (including phenoxy) is 1. The van der Waals surface area contributed by atoms with Crippen molar-refractivity contribution in [3.8, 4) is 5.19 Å². The van der Waals surface area contributed by atoms with E-state index in [0.717, 1.165) is 28.6 Å². The number of H-pyrrole nitrogens is 1. The first-order chi connectivity index (χ1) is 12.6. The molecule has 6 nitrogen and oxygen atoms in total. The van der Waals surface area contributed by atoms with Crippen LogP contribution >= 0.6 is 11.3 Å². The molecule has 0 aliphatic carbocycles. The van der Waals surface area contributed by atoms with Gasteiger partial charge in [-0.25, -0.2) is 4.98 Å². The second-order valence-electron chi connectivity index (χ2n) is 6.45. The van der Waals surface area contributed by atoms with Crippen molar-refractivity contribution >= 4 is 27.5 Å². The van der Waals surface area contributed by atoms with E-state index in [1.165, 1.54) is 12.3 Å². The number of carbonyl (C=O) groups excluding carboxylic acids is 1. The van der Waals surface area contributed by atoms with Crippen LogP contribution in [0.2, 0.25) is 0 Å². The number of aryl methyl sites for hydroxylation is 1. The van der Waals surface area contributed by atoms with Crippen LogP contribution in [-0.4, -0.2) is 40.0 Å². The van der Waals surface area contributed by atoms with Gasteiger partial charge in [0, 0.05) is 38.2 Å². The van der Waals surface area contributed by atoms with Crippen LogP contribution in [0.25, 0.3) is 10.2 Å². The number of amides is 1. The van der Waals surface area contributed by atoms with E-state index in [9.17, 15) is 9.59 Å². The number of para-hydroxylation sites is 1. The fourth-order valence-electron chi connectivity index (χ4n) is 3.16. The molecule has 0 bridgehead atoms. The van der Waals surface area contributed by atoms with Crippen LogP contribution in [0.4, 0.5) is 0 Å². The van der Waals surface area contributed by atoms with Gasteiger partial charge < -0.3 is 14.6 Å². The molecule has 1 fully saturated rings. The van der Waals surface area contributed by atoms with Crippen LogP contribution in [0.1, 0.15) is 28.8 Å². The molecule has 1 aromatic carbocycles. The summed E-state index contributed by atoms with van der Waals surface area (Å²) in [5.41, 5.74) is 2.44. The fraction of sp³-hybridized carbons (Fsp3) is 0.316. The summed E-state index contributed by atoms with van der Waals surface area (Å²) in [5, 5.41) is 0.694. The molecule has 0 spiro atoms. The number of rotatable bonds is 3. The van der Waals surface area contributed by atoms with E-state index in [-0.39, 0.29) is 17.6 Å². The Morgan fingerprint density at radius 1 is 1.27 bits per heavy atom. The minimum absolute atomic E-state index is 0.0599. The number of pyridine rings is 1. The maximum atomic E-state index is 12.5. The van der Waals surface area contributed by atoms with Gasteiger partial charge in [0.25, 0.3) is 11.1 Å². The van der Waals surface area contributed by atoms with E-state index < -0.39 is 0 Å². The number of aromatic nitrogens is 2. The molecule has 3 aromatic rings. The molecular weight excluding hydrogens is 350 g/mol. The average Bonchev–Trinajstić information content (AvgIpc) is 3.06. The lowest BCUT2D eigenvalue weighted by atomic mass is 10.1. The Morgan fingerprint density at radius 3 is 2.77 bits per heavy atom. The molecule has 0 unspecified atom stereocenters. The Balaban J connectivity index is 1.38. The summed E-state index contributed by atoms with van der Waals surface area (Å²) in [5.74, 6) is -0.0599. The van der Waals surface area contributed by atoms with Gasteiger partial charge >= 0.3 is 0 Å². The van der Waals surface area contributed by atoms with Gasteiger partial charge in [-0.15, -0.1) is 0 Å². The highest BCUT2D eigenvalue weighted by Crippen LogP contribution is 2.31. The van der Waals surface area contributed by atoms with Crippen LogP contribution in [0.15, 0.2) is 41.3 Å². The lowest BCUT2D eigenvalue weighted by molar-refractivity contribution is 0.0595. The largest absolute Gasteiger partial charge is 0.467 e. The van der Waals surface area contributed by atoms with Crippen molar-refractivity contribution in [2.75, 3.05) is 13.1 Å². The summed E-state index contributed by atoms with van der Waals surface area (Å²) in [6.45, 7) is 3.31. The highest BCUT2D eigenvalue weighted by molar-refractivity contribution is 7.20. The quantitative estimate of drug-likeness (QED) is 0.770. The minimum atomic E-state index is -0.209. The van der Waals surface area contributed by atoms with Gasteiger partial charge in [0.15, 0.2) is 0 Å². The standard InChI is InChI=1S/C19H19N3O3S/c1-12-3-2-4-15-17(12)21-19(26-15)25-14-7-9-22(10-8-14)18(24)13-5-6-16(23)20-11-13/h2-6,11,14H,7-10H2,1H3,(H,20,23). The normalized spacial score (nSPS) is 15.3. The first-order valence-electron chi connectivity index (χ1n) is 8.61. The number of hydrogen-bond acceptors (Lipinski definition) is 5. The highest BCUT2D eigenvalue weighted by Gasteiger charge is 2.25. The molecule has 134 valence electrons. The number of nitrogens with zero attached hydrogens (tertiary/aromatic N) is 2. The summed E-state index contributed by atoms with van der Waals surface area (Å²) < 4.78 is 7.20. The molecule has 0 radical (unpaired) electrons. The predicted molar refractivity (Wildman–Crippen MR) is 101 cm³/mol. The third kappa shape index (κ3) is 3.35. The van der Waals surface area contributed by atoms with Crippen molar-refractivity contribution < 1.29 is 9.53 Å². The number of likely N-dealkylation sites (tertiary alicyclic amines) is 1. The zero-order chi connectivity index (χ0) is 18.1. The van der Waals surface area contributed by atoms with Crippen molar-refractivity contribution in [2.24, 2.45) is 0 Å². The lowest BCUT2D eigenvalue weighted by Gasteiger charge is -2.31. The number of piperidine rings is 1.